The predicted molar refractivity (Wildman–Crippen MR) is 81.4 cm³/mol. The molecule has 2 rings (SSSR count). The molecule has 0 bridgehead atoms. The topological polar surface area (TPSA) is 79.5 Å². The number of carbonyl (C=O) groups excluding carboxylic acids is 2. The highest BCUT2D eigenvalue weighted by Crippen LogP contribution is 2.28. The summed E-state index contributed by atoms with van der Waals surface area (Å²) < 4.78 is 5.05. The maximum Gasteiger partial charge on any atom is 0.241 e. The van der Waals surface area contributed by atoms with Crippen molar-refractivity contribution in [3.63, 3.8) is 0 Å². The van der Waals surface area contributed by atoms with Crippen molar-refractivity contribution in [1.29, 1.82) is 0 Å². The van der Waals surface area contributed by atoms with Gasteiger partial charge in [0.05, 0.1) is 13.5 Å². The molecule has 1 aliphatic carbocycles. The average molecular weight is 307 g/mol. The third kappa shape index (κ3) is 5.03. The second-order valence-corrected chi connectivity index (χ2v) is 5.20. The molecule has 0 aliphatic heterocycles. The minimum atomic E-state index is -0.252. The Morgan fingerprint density at radius 3 is 2.48 bits per heavy atom. The molecule has 1 aromatic carbocycles. The largest absolute Gasteiger partial charge is 0.497 e. The molecular formula is C14H17N3O3S. The van der Waals surface area contributed by atoms with Crippen LogP contribution >= 0.6 is 12.2 Å². The van der Waals surface area contributed by atoms with Crippen LogP contribution in [0.4, 0.5) is 0 Å². The molecule has 3 N–H and O–H groups in total. The highest BCUT2D eigenvalue weighted by atomic mass is 32.1. The minimum absolute atomic E-state index is 0.0790. The lowest BCUT2D eigenvalue weighted by atomic mass is 10.1. The summed E-state index contributed by atoms with van der Waals surface area (Å²) in [5, 5.41) is 2.59. The Hall–Kier alpha value is -2.15. The molecule has 21 heavy (non-hydrogen) atoms. The lowest BCUT2D eigenvalue weighted by Crippen LogP contribution is -2.49. The van der Waals surface area contributed by atoms with Gasteiger partial charge in [-0.25, -0.2) is 0 Å². The van der Waals surface area contributed by atoms with Crippen LogP contribution < -0.4 is 20.9 Å². The van der Waals surface area contributed by atoms with E-state index in [2.05, 4.69) is 16.2 Å². The lowest BCUT2D eigenvalue weighted by Gasteiger charge is -2.10. The van der Waals surface area contributed by atoms with E-state index in [4.69, 9.17) is 17.0 Å². The van der Waals surface area contributed by atoms with Crippen molar-refractivity contribution in [2.75, 3.05) is 7.11 Å². The first-order valence-electron chi connectivity index (χ1n) is 6.61. The molecular weight excluding hydrogens is 290 g/mol. The number of carbonyl (C=O) groups is 2. The number of rotatable bonds is 4. The Morgan fingerprint density at radius 2 is 1.90 bits per heavy atom. The van der Waals surface area contributed by atoms with Gasteiger partial charge in [-0.1, -0.05) is 12.1 Å². The SMILES string of the molecule is COc1ccc(CC(=O)NC(=S)NNC(=O)C2CC2)cc1. The van der Waals surface area contributed by atoms with Crippen LogP contribution in [0.1, 0.15) is 18.4 Å². The number of hydrogen-bond donors (Lipinski definition) is 3. The van der Waals surface area contributed by atoms with Crippen molar-refractivity contribution >= 4 is 29.1 Å². The van der Waals surface area contributed by atoms with E-state index in [1.165, 1.54) is 0 Å². The van der Waals surface area contributed by atoms with E-state index >= 15 is 0 Å². The molecule has 0 aromatic heterocycles. The molecule has 1 aromatic rings. The summed E-state index contributed by atoms with van der Waals surface area (Å²) in [4.78, 5) is 23.2. The standard InChI is InChI=1S/C14H17N3O3S/c1-20-11-6-2-9(3-7-11)8-12(18)15-14(21)17-16-13(19)10-4-5-10/h2-3,6-7,10H,4-5,8H2,1H3,(H,16,19)(H2,15,17,18,21). The number of hydrogen-bond acceptors (Lipinski definition) is 4. The molecule has 112 valence electrons. The number of benzene rings is 1. The number of methoxy groups -OCH3 is 1. The van der Waals surface area contributed by atoms with Crippen LogP contribution in [0.3, 0.4) is 0 Å². The molecule has 0 spiro atoms. The Balaban J connectivity index is 1.72. The highest BCUT2D eigenvalue weighted by molar-refractivity contribution is 7.80. The molecule has 0 saturated heterocycles. The normalized spacial score (nSPS) is 13.2. The maximum atomic E-state index is 11.8. The second kappa shape index (κ2) is 7.03. The number of ether oxygens (including phenoxy) is 1. The fourth-order valence-electron chi connectivity index (χ4n) is 1.70. The van der Waals surface area contributed by atoms with Crippen LogP contribution in [0.5, 0.6) is 5.75 Å². The maximum absolute atomic E-state index is 11.8. The smallest absolute Gasteiger partial charge is 0.241 e. The monoisotopic (exact) mass is 307 g/mol. The first-order valence-corrected chi connectivity index (χ1v) is 7.02. The third-order valence-corrected chi connectivity index (χ3v) is 3.23. The molecule has 7 heteroatoms. The zero-order valence-electron chi connectivity index (χ0n) is 11.6. The van der Waals surface area contributed by atoms with E-state index in [1.54, 1.807) is 19.2 Å². The van der Waals surface area contributed by atoms with Gasteiger partial charge in [0, 0.05) is 5.92 Å². The van der Waals surface area contributed by atoms with Crippen LogP contribution in [0.15, 0.2) is 24.3 Å². The van der Waals surface area contributed by atoms with Gasteiger partial charge in [-0.2, -0.15) is 0 Å². The zero-order chi connectivity index (χ0) is 15.2. The fraction of sp³-hybridized carbons (Fsp3) is 0.357. The summed E-state index contributed by atoms with van der Waals surface area (Å²) >= 11 is 4.93. The first kappa shape index (κ1) is 15.2. The van der Waals surface area contributed by atoms with E-state index in [1.807, 2.05) is 12.1 Å². The van der Waals surface area contributed by atoms with Gasteiger partial charge >= 0.3 is 0 Å². The summed E-state index contributed by atoms with van der Waals surface area (Å²) in [6, 6.07) is 7.19. The Morgan fingerprint density at radius 1 is 1.24 bits per heavy atom. The van der Waals surface area contributed by atoms with Gasteiger partial charge in [0.1, 0.15) is 5.75 Å². The molecule has 0 heterocycles. The lowest BCUT2D eigenvalue weighted by molar-refractivity contribution is -0.123. The first-order chi connectivity index (χ1) is 10.1. The number of thiocarbonyl (C=S) groups is 1. The van der Waals surface area contributed by atoms with Gasteiger partial charge in [0.25, 0.3) is 0 Å². The van der Waals surface area contributed by atoms with Crippen LogP contribution in [0.2, 0.25) is 0 Å². The average Bonchev–Trinajstić information content (AvgIpc) is 3.30. The Kier molecular flexibility index (Phi) is 5.10. The molecule has 2 amide bonds. The summed E-state index contributed by atoms with van der Waals surface area (Å²) in [7, 11) is 1.59. The van der Waals surface area contributed by atoms with E-state index in [0.717, 1.165) is 24.2 Å². The van der Waals surface area contributed by atoms with Crippen molar-refractivity contribution in [2.45, 2.75) is 19.3 Å². The summed E-state index contributed by atoms with van der Waals surface area (Å²) in [6.45, 7) is 0. The molecule has 0 unspecified atom stereocenters. The Labute approximate surface area is 128 Å². The Bertz CT molecular complexity index is 541. The van der Waals surface area contributed by atoms with Crippen molar-refractivity contribution in [3.8, 4) is 5.75 Å². The summed E-state index contributed by atoms with van der Waals surface area (Å²) in [5.41, 5.74) is 5.83. The minimum Gasteiger partial charge on any atom is -0.497 e. The van der Waals surface area contributed by atoms with Crippen LogP contribution in [-0.2, 0) is 16.0 Å². The predicted octanol–water partition coefficient (Wildman–Crippen LogP) is 0.670. The molecule has 1 saturated carbocycles. The van der Waals surface area contributed by atoms with Gasteiger partial charge in [-0.15, -0.1) is 0 Å². The van der Waals surface area contributed by atoms with Gasteiger partial charge < -0.3 is 10.1 Å². The van der Waals surface area contributed by atoms with Crippen molar-refractivity contribution in [3.05, 3.63) is 29.8 Å². The van der Waals surface area contributed by atoms with Gasteiger partial charge in [0.15, 0.2) is 5.11 Å². The molecule has 1 fully saturated rings. The van der Waals surface area contributed by atoms with Crippen LogP contribution in [0, 0.1) is 5.92 Å². The van der Waals surface area contributed by atoms with E-state index in [-0.39, 0.29) is 29.3 Å². The number of nitrogens with one attached hydrogen (secondary N) is 3. The van der Waals surface area contributed by atoms with E-state index in [0.29, 0.717) is 0 Å². The quantitative estimate of drug-likeness (QED) is 0.563. The fourth-order valence-corrected chi connectivity index (χ4v) is 1.86. The van der Waals surface area contributed by atoms with Gasteiger partial charge in [0.2, 0.25) is 11.8 Å². The van der Waals surface area contributed by atoms with Crippen molar-refractivity contribution in [2.24, 2.45) is 5.92 Å². The number of amides is 2. The molecule has 0 atom stereocenters. The van der Waals surface area contributed by atoms with Crippen molar-refractivity contribution < 1.29 is 14.3 Å². The third-order valence-electron chi connectivity index (χ3n) is 3.02. The molecule has 0 radical (unpaired) electrons. The highest BCUT2D eigenvalue weighted by Gasteiger charge is 2.29. The van der Waals surface area contributed by atoms with Gasteiger partial charge in [-0.05, 0) is 42.8 Å². The van der Waals surface area contributed by atoms with Crippen LogP contribution in [0.25, 0.3) is 0 Å². The summed E-state index contributed by atoms with van der Waals surface area (Å²) in [5.74, 6) is 0.467. The molecule has 6 nitrogen and oxygen atoms in total. The van der Waals surface area contributed by atoms with E-state index < -0.39 is 0 Å². The number of hydrazine groups is 1. The van der Waals surface area contributed by atoms with Crippen molar-refractivity contribution in [1.82, 2.24) is 16.2 Å². The zero-order valence-corrected chi connectivity index (χ0v) is 12.5. The van der Waals surface area contributed by atoms with E-state index in [9.17, 15) is 9.59 Å². The molecule has 1 aliphatic rings. The second-order valence-electron chi connectivity index (χ2n) is 4.79. The van der Waals surface area contributed by atoms with Gasteiger partial charge in [-0.3, -0.25) is 20.4 Å². The summed E-state index contributed by atoms with van der Waals surface area (Å²) in [6.07, 6.45) is 2.01. The van der Waals surface area contributed by atoms with Crippen LogP contribution in [-0.4, -0.2) is 24.0 Å².